The van der Waals surface area contributed by atoms with Crippen molar-refractivity contribution in [3.05, 3.63) is 0 Å². The first-order valence-corrected chi connectivity index (χ1v) is 5.67. The van der Waals surface area contributed by atoms with Crippen molar-refractivity contribution in [3.63, 3.8) is 0 Å². The van der Waals surface area contributed by atoms with Gasteiger partial charge in [0.1, 0.15) is 0 Å². The highest BCUT2D eigenvalue weighted by Gasteiger charge is 2.26. The fourth-order valence-corrected chi connectivity index (χ4v) is 1.72. The molecule has 94 valence electrons. The zero-order valence-corrected chi connectivity index (χ0v) is 10.3. The van der Waals surface area contributed by atoms with Gasteiger partial charge in [0.05, 0.1) is 0 Å². The Morgan fingerprint density at radius 2 is 1.62 bits per heavy atom. The van der Waals surface area contributed by atoms with Crippen molar-refractivity contribution in [2.45, 2.75) is 52.9 Å². The molecule has 0 aromatic heterocycles. The summed E-state index contributed by atoms with van der Waals surface area (Å²) in [6.07, 6.45) is 2.52. The number of hydrogen-bond acceptors (Lipinski definition) is 2. The van der Waals surface area contributed by atoms with Gasteiger partial charge in [0.25, 0.3) is 0 Å². The average Bonchev–Trinajstić information content (AvgIpc) is 2.07. The Hall–Kier alpha value is -1.06. The minimum Gasteiger partial charge on any atom is -0.481 e. The summed E-state index contributed by atoms with van der Waals surface area (Å²) in [4.78, 5) is 21.0. The smallest absolute Gasteiger partial charge is 0.303 e. The second-order valence-corrected chi connectivity index (χ2v) is 5.30. The molecule has 4 heteroatoms. The van der Waals surface area contributed by atoms with Crippen LogP contribution in [0.3, 0.4) is 0 Å². The molecule has 4 nitrogen and oxygen atoms in total. The van der Waals surface area contributed by atoms with Gasteiger partial charge in [-0.05, 0) is 24.2 Å². The number of aliphatic carboxylic acids is 2. The van der Waals surface area contributed by atoms with Gasteiger partial charge in [0, 0.05) is 12.8 Å². The van der Waals surface area contributed by atoms with Crippen LogP contribution in [0.15, 0.2) is 0 Å². The largest absolute Gasteiger partial charge is 0.481 e. The van der Waals surface area contributed by atoms with Crippen LogP contribution < -0.4 is 0 Å². The lowest BCUT2D eigenvalue weighted by molar-refractivity contribution is -0.139. The molecule has 0 amide bonds. The molecular formula is C12H22O4. The lowest BCUT2D eigenvalue weighted by Gasteiger charge is -2.29. The molecule has 0 rings (SSSR count). The number of hydrogen-bond donors (Lipinski definition) is 2. The number of carboxylic acid groups (broad SMARTS) is 2. The maximum absolute atomic E-state index is 10.7. The molecule has 0 aliphatic carbocycles. The lowest BCUT2D eigenvalue weighted by atomic mass is 9.76. The number of rotatable bonds is 7. The Balaban J connectivity index is 4.03. The van der Waals surface area contributed by atoms with E-state index in [2.05, 4.69) is 0 Å². The number of unbranched alkanes of at least 4 members (excludes halogenated alkanes) is 1. The molecule has 0 radical (unpaired) electrons. The molecule has 1 atom stereocenters. The third kappa shape index (κ3) is 7.26. The van der Waals surface area contributed by atoms with E-state index in [1.54, 1.807) is 0 Å². The highest BCUT2D eigenvalue weighted by molar-refractivity contribution is 5.67. The lowest BCUT2D eigenvalue weighted by Crippen LogP contribution is -2.23. The molecule has 0 aromatic carbocycles. The van der Waals surface area contributed by atoms with E-state index >= 15 is 0 Å². The topological polar surface area (TPSA) is 74.6 Å². The zero-order chi connectivity index (χ0) is 12.8. The maximum Gasteiger partial charge on any atom is 0.303 e. The summed E-state index contributed by atoms with van der Waals surface area (Å²) in [5.41, 5.74) is -0.0401. The van der Waals surface area contributed by atoms with Crippen LogP contribution >= 0.6 is 0 Å². The van der Waals surface area contributed by atoms with E-state index in [9.17, 15) is 9.59 Å². The van der Waals surface area contributed by atoms with Crippen molar-refractivity contribution in [2.75, 3.05) is 0 Å². The third-order valence-corrected chi connectivity index (χ3v) is 2.84. The molecule has 0 heterocycles. The predicted octanol–water partition coefficient (Wildman–Crippen LogP) is 2.77. The van der Waals surface area contributed by atoms with Gasteiger partial charge in [0.15, 0.2) is 0 Å². The highest BCUT2D eigenvalue weighted by atomic mass is 16.4. The first-order chi connectivity index (χ1) is 7.23. The molecule has 0 bridgehead atoms. The van der Waals surface area contributed by atoms with E-state index < -0.39 is 11.9 Å². The Morgan fingerprint density at radius 3 is 2.00 bits per heavy atom. The second-order valence-electron chi connectivity index (χ2n) is 5.30. The minimum absolute atomic E-state index is 0.0401. The van der Waals surface area contributed by atoms with Gasteiger partial charge >= 0.3 is 11.9 Å². The normalized spacial score (nSPS) is 13.4. The Kier molecular flexibility index (Phi) is 6.08. The summed E-state index contributed by atoms with van der Waals surface area (Å²) in [6, 6.07) is 0. The van der Waals surface area contributed by atoms with Crippen LogP contribution in [0.1, 0.15) is 52.9 Å². The standard InChI is InChI=1S/C12H22O4/c1-12(2,3)9(8-11(15)16)6-4-5-7-10(13)14/h9H,4-8H2,1-3H3,(H,13,14)(H,15,16). The first kappa shape index (κ1) is 14.9. The minimum atomic E-state index is -0.787. The van der Waals surface area contributed by atoms with Gasteiger partial charge in [-0.3, -0.25) is 9.59 Å². The Labute approximate surface area is 96.7 Å². The predicted molar refractivity (Wildman–Crippen MR) is 61.3 cm³/mol. The molecule has 0 spiro atoms. The molecule has 0 saturated heterocycles. The highest BCUT2D eigenvalue weighted by Crippen LogP contribution is 2.32. The monoisotopic (exact) mass is 230 g/mol. The van der Waals surface area contributed by atoms with Crippen LogP contribution in [0, 0.1) is 11.3 Å². The van der Waals surface area contributed by atoms with Crippen LogP contribution in [0.25, 0.3) is 0 Å². The van der Waals surface area contributed by atoms with E-state index in [0.29, 0.717) is 6.42 Å². The van der Waals surface area contributed by atoms with Crippen molar-refractivity contribution in [3.8, 4) is 0 Å². The Morgan fingerprint density at radius 1 is 1.06 bits per heavy atom. The van der Waals surface area contributed by atoms with Crippen molar-refractivity contribution < 1.29 is 19.8 Å². The fraction of sp³-hybridized carbons (Fsp3) is 0.833. The van der Waals surface area contributed by atoms with Gasteiger partial charge in [-0.15, -0.1) is 0 Å². The molecule has 0 aromatic rings. The molecule has 0 aliphatic rings. The van der Waals surface area contributed by atoms with Crippen molar-refractivity contribution in [1.82, 2.24) is 0 Å². The SMILES string of the molecule is CC(C)(C)C(CCCCC(=O)O)CC(=O)O. The van der Waals surface area contributed by atoms with Gasteiger partial charge in [-0.25, -0.2) is 0 Å². The zero-order valence-electron chi connectivity index (χ0n) is 10.3. The van der Waals surface area contributed by atoms with E-state index in [0.717, 1.165) is 12.8 Å². The molecule has 1 unspecified atom stereocenters. The van der Waals surface area contributed by atoms with Crippen molar-refractivity contribution in [2.24, 2.45) is 11.3 Å². The van der Waals surface area contributed by atoms with Gasteiger partial charge in [-0.2, -0.15) is 0 Å². The average molecular weight is 230 g/mol. The van der Waals surface area contributed by atoms with Crippen LogP contribution in [-0.4, -0.2) is 22.2 Å². The molecule has 0 fully saturated rings. The summed E-state index contributed by atoms with van der Waals surface area (Å²) >= 11 is 0. The fourth-order valence-electron chi connectivity index (χ4n) is 1.72. The summed E-state index contributed by atoms with van der Waals surface area (Å²) in [6.45, 7) is 6.08. The number of carbonyl (C=O) groups is 2. The summed E-state index contributed by atoms with van der Waals surface area (Å²) in [5, 5.41) is 17.3. The van der Waals surface area contributed by atoms with Crippen LogP contribution in [-0.2, 0) is 9.59 Å². The molecule has 0 saturated carbocycles. The van der Waals surface area contributed by atoms with E-state index in [1.165, 1.54) is 0 Å². The van der Waals surface area contributed by atoms with E-state index in [4.69, 9.17) is 10.2 Å². The molecular weight excluding hydrogens is 208 g/mol. The Bertz CT molecular complexity index is 240. The first-order valence-electron chi connectivity index (χ1n) is 5.67. The van der Waals surface area contributed by atoms with Gasteiger partial charge < -0.3 is 10.2 Å². The van der Waals surface area contributed by atoms with Crippen molar-refractivity contribution >= 4 is 11.9 Å². The molecule has 2 N–H and O–H groups in total. The van der Waals surface area contributed by atoms with Crippen LogP contribution in [0.4, 0.5) is 0 Å². The third-order valence-electron chi connectivity index (χ3n) is 2.84. The molecule has 0 aliphatic heterocycles. The van der Waals surface area contributed by atoms with Gasteiger partial charge in [0.2, 0.25) is 0 Å². The second kappa shape index (κ2) is 6.51. The van der Waals surface area contributed by atoms with E-state index in [1.807, 2.05) is 20.8 Å². The summed E-state index contributed by atoms with van der Waals surface area (Å²) in [7, 11) is 0. The molecule has 16 heavy (non-hydrogen) atoms. The summed E-state index contributed by atoms with van der Waals surface area (Å²) < 4.78 is 0. The van der Waals surface area contributed by atoms with Crippen LogP contribution in [0.5, 0.6) is 0 Å². The van der Waals surface area contributed by atoms with Crippen molar-refractivity contribution in [1.29, 1.82) is 0 Å². The summed E-state index contributed by atoms with van der Waals surface area (Å²) in [5.74, 6) is -1.46. The van der Waals surface area contributed by atoms with E-state index in [-0.39, 0.29) is 24.2 Å². The number of carboxylic acids is 2. The van der Waals surface area contributed by atoms with Gasteiger partial charge in [-0.1, -0.05) is 27.2 Å². The maximum atomic E-state index is 10.7. The van der Waals surface area contributed by atoms with Crippen LogP contribution in [0.2, 0.25) is 0 Å². The quantitative estimate of drug-likeness (QED) is 0.659.